The standard InChI is InChI=1S/C16H26ClN/c1-3-5-6-7-9-15(13-18-4-2)14-10-8-11-16(17)12-14/h8,10-12,15,18H,3-7,9,13H2,1-2H3. The third kappa shape index (κ3) is 5.88. The first-order valence-corrected chi connectivity index (χ1v) is 7.61. The highest BCUT2D eigenvalue weighted by atomic mass is 35.5. The number of benzene rings is 1. The molecule has 1 atom stereocenters. The predicted octanol–water partition coefficient (Wildman–Crippen LogP) is 5.00. The van der Waals surface area contributed by atoms with Crippen molar-refractivity contribution in [3.63, 3.8) is 0 Å². The van der Waals surface area contributed by atoms with Crippen LogP contribution in [0.1, 0.15) is 57.4 Å². The zero-order valence-corrected chi connectivity index (χ0v) is 12.5. The van der Waals surface area contributed by atoms with Crippen LogP contribution < -0.4 is 5.32 Å². The van der Waals surface area contributed by atoms with Gasteiger partial charge in [0.15, 0.2) is 0 Å². The molecule has 0 saturated heterocycles. The summed E-state index contributed by atoms with van der Waals surface area (Å²) in [7, 11) is 0. The van der Waals surface area contributed by atoms with Gasteiger partial charge in [-0.2, -0.15) is 0 Å². The molecule has 0 radical (unpaired) electrons. The van der Waals surface area contributed by atoms with Crippen LogP contribution in [0.4, 0.5) is 0 Å². The highest BCUT2D eigenvalue weighted by Gasteiger charge is 2.11. The van der Waals surface area contributed by atoms with Crippen molar-refractivity contribution in [3.05, 3.63) is 34.9 Å². The summed E-state index contributed by atoms with van der Waals surface area (Å²) in [6.07, 6.45) is 6.57. The van der Waals surface area contributed by atoms with Crippen LogP contribution in [0.3, 0.4) is 0 Å². The third-order valence-corrected chi connectivity index (χ3v) is 3.60. The van der Waals surface area contributed by atoms with Gasteiger partial charge in [0.05, 0.1) is 0 Å². The van der Waals surface area contributed by atoms with Crippen molar-refractivity contribution in [1.29, 1.82) is 0 Å². The molecule has 0 spiro atoms. The van der Waals surface area contributed by atoms with Gasteiger partial charge in [-0.3, -0.25) is 0 Å². The zero-order chi connectivity index (χ0) is 13.2. The van der Waals surface area contributed by atoms with Gasteiger partial charge >= 0.3 is 0 Å². The molecular weight excluding hydrogens is 242 g/mol. The van der Waals surface area contributed by atoms with Crippen molar-refractivity contribution in [2.45, 2.75) is 51.9 Å². The van der Waals surface area contributed by atoms with Crippen LogP contribution in [-0.4, -0.2) is 13.1 Å². The Labute approximate surface area is 117 Å². The molecule has 0 saturated carbocycles. The van der Waals surface area contributed by atoms with Crippen molar-refractivity contribution in [1.82, 2.24) is 5.32 Å². The van der Waals surface area contributed by atoms with Gasteiger partial charge in [-0.25, -0.2) is 0 Å². The number of likely N-dealkylation sites (N-methyl/N-ethyl adjacent to an activating group) is 1. The molecular formula is C16H26ClN. The fraction of sp³-hybridized carbons (Fsp3) is 0.625. The molecule has 18 heavy (non-hydrogen) atoms. The molecule has 0 heterocycles. The van der Waals surface area contributed by atoms with E-state index in [1.54, 1.807) is 0 Å². The van der Waals surface area contributed by atoms with Crippen LogP contribution in [-0.2, 0) is 0 Å². The largest absolute Gasteiger partial charge is 0.316 e. The van der Waals surface area contributed by atoms with E-state index in [2.05, 4.69) is 37.4 Å². The van der Waals surface area contributed by atoms with E-state index in [4.69, 9.17) is 11.6 Å². The fourth-order valence-corrected chi connectivity index (χ4v) is 2.48. The number of unbranched alkanes of at least 4 members (excludes halogenated alkanes) is 3. The Morgan fingerprint density at radius 1 is 1.17 bits per heavy atom. The lowest BCUT2D eigenvalue weighted by atomic mass is 9.93. The summed E-state index contributed by atoms with van der Waals surface area (Å²) in [5.74, 6) is 0.598. The molecule has 1 aromatic rings. The topological polar surface area (TPSA) is 12.0 Å². The summed E-state index contributed by atoms with van der Waals surface area (Å²) in [5, 5.41) is 4.31. The highest BCUT2D eigenvalue weighted by molar-refractivity contribution is 6.30. The lowest BCUT2D eigenvalue weighted by Crippen LogP contribution is -2.21. The van der Waals surface area contributed by atoms with E-state index < -0.39 is 0 Å². The molecule has 0 aromatic heterocycles. The average molecular weight is 268 g/mol. The Kier molecular flexibility index (Phi) is 8.11. The van der Waals surface area contributed by atoms with Gasteiger partial charge in [-0.1, -0.05) is 63.3 Å². The summed E-state index contributed by atoms with van der Waals surface area (Å²) >= 11 is 6.09. The van der Waals surface area contributed by atoms with E-state index in [9.17, 15) is 0 Å². The summed E-state index contributed by atoms with van der Waals surface area (Å²) in [6, 6.07) is 8.33. The minimum absolute atomic E-state index is 0.598. The summed E-state index contributed by atoms with van der Waals surface area (Å²) < 4.78 is 0. The monoisotopic (exact) mass is 267 g/mol. The second-order valence-electron chi connectivity index (χ2n) is 4.91. The van der Waals surface area contributed by atoms with Gasteiger partial charge in [-0.15, -0.1) is 0 Å². The van der Waals surface area contributed by atoms with Gasteiger partial charge in [0.1, 0.15) is 0 Å². The molecule has 1 rings (SSSR count). The van der Waals surface area contributed by atoms with E-state index in [1.165, 1.54) is 37.7 Å². The molecule has 1 nitrogen and oxygen atoms in total. The Morgan fingerprint density at radius 2 is 2.00 bits per heavy atom. The quantitative estimate of drug-likeness (QED) is 0.621. The molecule has 0 fully saturated rings. The maximum absolute atomic E-state index is 6.09. The second kappa shape index (κ2) is 9.41. The van der Waals surface area contributed by atoms with Crippen molar-refractivity contribution < 1.29 is 0 Å². The van der Waals surface area contributed by atoms with Crippen LogP contribution in [0, 0.1) is 0 Å². The van der Waals surface area contributed by atoms with Crippen LogP contribution in [0.25, 0.3) is 0 Å². The summed E-state index contributed by atoms with van der Waals surface area (Å²) in [5.41, 5.74) is 1.37. The van der Waals surface area contributed by atoms with Crippen molar-refractivity contribution >= 4 is 11.6 Å². The smallest absolute Gasteiger partial charge is 0.0408 e. The van der Waals surface area contributed by atoms with Gasteiger partial charge in [0.2, 0.25) is 0 Å². The van der Waals surface area contributed by atoms with Gasteiger partial charge < -0.3 is 5.32 Å². The summed E-state index contributed by atoms with van der Waals surface area (Å²) in [6.45, 7) is 6.51. The van der Waals surface area contributed by atoms with Crippen molar-refractivity contribution in [2.24, 2.45) is 0 Å². The molecule has 2 heteroatoms. The zero-order valence-electron chi connectivity index (χ0n) is 11.7. The molecule has 0 aliphatic carbocycles. The number of halogens is 1. The first-order chi connectivity index (χ1) is 8.77. The maximum atomic E-state index is 6.09. The first kappa shape index (κ1) is 15.5. The van der Waals surface area contributed by atoms with E-state index in [-0.39, 0.29) is 0 Å². The molecule has 0 aliphatic rings. The lowest BCUT2D eigenvalue weighted by molar-refractivity contribution is 0.521. The minimum Gasteiger partial charge on any atom is -0.316 e. The predicted molar refractivity (Wildman–Crippen MR) is 81.5 cm³/mol. The number of hydrogen-bond acceptors (Lipinski definition) is 1. The molecule has 1 N–H and O–H groups in total. The molecule has 0 amide bonds. The Hall–Kier alpha value is -0.530. The molecule has 1 aromatic carbocycles. The molecule has 102 valence electrons. The average Bonchev–Trinajstić information content (AvgIpc) is 2.38. The second-order valence-corrected chi connectivity index (χ2v) is 5.35. The van der Waals surface area contributed by atoms with E-state index in [1.807, 2.05) is 6.07 Å². The Bertz CT molecular complexity index is 325. The molecule has 1 unspecified atom stereocenters. The highest BCUT2D eigenvalue weighted by Crippen LogP contribution is 2.24. The SMILES string of the molecule is CCCCCCC(CNCC)c1cccc(Cl)c1. The normalized spacial score (nSPS) is 12.6. The first-order valence-electron chi connectivity index (χ1n) is 7.24. The van der Waals surface area contributed by atoms with Crippen molar-refractivity contribution in [2.75, 3.05) is 13.1 Å². The minimum atomic E-state index is 0.598. The van der Waals surface area contributed by atoms with E-state index in [0.717, 1.165) is 18.1 Å². The van der Waals surface area contributed by atoms with Crippen LogP contribution >= 0.6 is 11.6 Å². The van der Waals surface area contributed by atoms with Crippen molar-refractivity contribution in [3.8, 4) is 0 Å². The van der Waals surface area contributed by atoms with Crippen LogP contribution in [0.15, 0.2) is 24.3 Å². The number of nitrogens with one attached hydrogen (secondary N) is 1. The lowest BCUT2D eigenvalue weighted by Gasteiger charge is -2.18. The summed E-state index contributed by atoms with van der Waals surface area (Å²) in [4.78, 5) is 0. The Balaban J connectivity index is 2.54. The maximum Gasteiger partial charge on any atom is 0.0408 e. The van der Waals surface area contributed by atoms with Gasteiger partial charge in [0.25, 0.3) is 0 Å². The molecule has 0 bridgehead atoms. The Morgan fingerprint density at radius 3 is 2.67 bits per heavy atom. The number of rotatable bonds is 9. The third-order valence-electron chi connectivity index (χ3n) is 3.37. The van der Waals surface area contributed by atoms with Gasteiger partial charge in [0, 0.05) is 11.6 Å². The van der Waals surface area contributed by atoms with Crippen LogP contribution in [0.2, 0.25) is 5.02 Å². The van der Waals surface area contributed by atoms with Crippen LogP contribution in [0.5, 0.6) is 0 Å². The number of hydrogen-bond donors (Lipinski definition) is 1. The van der Waals surface area contributed by atoms with E-state index >= 15 is 0 Å². The van der Waals surface area contributed by atoms with E-state index in [0.29, 0.717) is 5.92 Å². The van der Waals surface area contributed by atoms with Gasteiger partial charge in [-0.05, 0) is 36.6 Å². The molecule has 0 aliphatic heterocycles. The fourth-order valence-electron chi connectivity index (χ4n) is 2.28.